The summed E-state index contributed by atoms with van der Waals surface area (Å²) >= 11 is 0. The Kier molecular flexibility index (Phi) is 3.39. The van der Waals surface area contributed by atoms with Crippen molar-refractivity contribution in [2.45, 2.75) is 26.0 Å². The van der Waals surface area contributed by atoms with E-state index in [0.29, 0.717) is 12.3 Å². The molecule has 2 aromatic rings. The van der Waals surface area contributed by atoms with Crippen LogP contribution in [-0.2, 0) is 12.1 Å². The van der Waals surface area contributed by atoms with Gasteiger partial charge < -0.3 is 9.84 Å². The van der Waals surface area contributed by atoms with Crippen molar-refractivity contribution in [2.75, 3.05) is 7.11 Å². The number of rotatable bonds is 4. The molecule has 4 nitrogen and oxygen atoms in total. The third-order valence-corrected chi connectivity index (χ3v) is 3.15. The van der Waals surface area contributed by atoms with Crippen molar-refractivity contribution in [1.82, 2.24) is 9.78 Å². The average Bonchev–Trinajstić information content (AvgIpc) is 2.87. The third-order valence-electron chi connectivity index (χ3n) is 3.15. The zero-order valence-electron chi connectivity index (χ0n) is 10.9. The Morgan fingerprint density at radius 3 is 2.72 bits per heavy atom. The summed E-state index contributed by atoms with van der Waals surface area (Å²) in [6.07, 6.45) is 1.70. The summed E-state index contributed by atoms with van der Waals surface area (Å²) < 4.78 is 7.10. The van der Waals surface area contributed by atoms with Gasteiger partial charge in [0.25, 0.3) is 0 Å². The van der Waals surface area contributed by atoms with Gasteiger partial charge in [-0.25, -0.2) is 0 Å². The molecule has 0 bridgehead atoms. The van der Waals surface area contributed by atoms with Crippen LogP contribution in [0.4, 0.5) is 0 Å². The van der Waals surface area contributed by atoms with Crippen LogP contribution in [0.5, 0.6) is 5.75 Å². The first-order valence-electron chi connectivity index (χ1n) is 5.99. The number of hydrogen-bond acceptors (Lipinski definition) is 3. The molecule has 1 aromatic heterocycles. The fraction of sp³-hybridized carbons (Fsp3) is 0.357. The molecule has 4 heteroatoms. The maximum Gasteiger partial charge on any atom is 0.132 e. The highest BCUT2D eigenvalue weighted by Crippen LogP contribution is 2.34. The van der Waals surface area contributed by atoms with Crippen LogP contribution in [0, 0.1) is 0 Å². The normalized spacial score (nSPS) is 14.2. The van der Waals surface area contributed by atoms with Crippen molar-refractivity contribution < 1.29 is 9.84 Å². The van der Waals surface area contributed by atoms with Gasteiger partial charge in [-0.15, -0.1) is 0 Å². The number of benzene rings is 1. The molecular weight excluding hydrogens is 228 g/mol. The maximum absolute atomic E-state index is 10.8. The zero-order chi connectivity index (χ0) is 13.2. The molecule has 0 aliphatic rings. The van der Waals surface area contributed by atoms with Crippen LogP contribution < -0.4 is 4.74 Å². The first kappa shape index (κ1) is 12.6. The van der Waals surface area contributed by atoms with Gasteiger partial charge in [-0.2, -0.15) is 5.10 Å². The summed E-state index contributed by atoms with van der Waals surface area (Å²) in [5, 5.41) is 15.0. The Hall–Kier alpha value is -1.81. The minimum absolute atomic E-state index is 0.673. The molecule has 1 heterocycles. The lowest BCUT2D eigenvalue weighted by Crippen LogP contribution is -2.27. The van der Waals surface area contributed by atoms with E-state index in [-0.39, 0.29) is 0 Å². The van der Waals surface area contributed by atoms with E-state index in [1.54, 1.807) is 24.9 Å². The van der Waals surface area contributed by atoms with Gasteiger partial charge in [0.05, 0.1) is 12.8 Å². The SMILES string of the molecule is CCn1nccc1C(C)(O)c1ccccc1OC. The molecule has 0 radical (unpaired) electrons. The van der Waals surface area contributed by atoms with Crippen LogP contribution in [0.25, 0.3) is 0 Å². The Morgan fingerprint density at radius 2 is 2.06 bits per heavy atom. The van der Waals surface area contributed by atoms with E-state index in [0.717, 1.165) is 11.3 Å². The predicted octanol–water partition coefficient (Wildman–Crippen LogP) is 2.17. The quantitative estimate of drug-likeness (QED) is 0.899. The monoisotopic (exact) mass is 246 g/mol. The summed E-state index contributed by atoms with van der Waals surface area (Å²) in [6, 6.07) is 9.31. The molecule has 0 amide bonds. The summed E-state index contributed by atoms with van der Waals surface area (Å²) in [7, 11) is 1.60. The van der Waals surface area contributed by atoms with Crippen LogP contribution in [0.2, 0.25) is 0 Å². The first-order chi connectivity index (χ1) is 8.61. The van der Waals surface area contributed by atoms with E-state index < -0.39 is 5.60 Å². The molecule has 0 aliphatic carbocycles. The Morgan fingerprint density at radius 1 is 1.33 bits per heavy atom. The number of para-hydroxylation sites is 1. The number of aromatic nitrogens is 2. The first-order valence-corrected chi connectivity index (χ1v) is 5.99. The Bertz CT molecular complexity index is 532. The standard InChI is InChI=1S/C14H18N2O2/c1-4-16-13(9-10-15-16)14(2,17)11-7-5-6-8-12(11)18-3/h5-10,17H,4H2,1-3H3. The van der Waals surface area contributed by atoms with Gasteiger partial charge in [0, 0.05) is 18.3 Å². The maximum atomic E-state index is 10.8. The molecule has 2 rings (SSSR count). The van der Waals surface area contributed by atoms with E-state index in [1.807, 2.05) is 37.3 Å². The van der Waals surface area contributed by atoms with E-state index in [2.05, 4.69) is 5.10 Å². The van der Waals surface area contributed by atoms with Gasteiger partial charge in [0.1, 0.15) is 11.4 Å². The van der Waals surface area contributed by atoms with E-state index >= 15 is 0 Å². The Labute approximate surface area is 107 Å². The summed E-state index contributed by atoms with van der Waals surface area (Å²) in [5.74, 6) is 0.673. The van der Waals surface area contributed by atoms with Crippen molar-refractivity contribution in [1.29, 1.82) is 0 Å². The van der Waals surface area contributed by atoms with Crippen LogP contribution in [0.1, 0.15) is 25.1 Å². The van der Waals surface area contributed by atoms with E-state index in [1.165, 1.54) is 0 Å². The predicted molar refractivity (Wildman–Crippen MR) is 69.6 cm³/mol. The molecule has 1 aromatic carbocycles. The smallest absolute Gasteiger partial charge is 0.132 e. The van der Waals surface area contributed by atoms with Crippen molar-refractivity contribution in [3.05, 3.63) is 47.8 Å². The fourth-order valence-corrected chi connectivity index (χ4v) is 2.18. The van der Waals surface area contributed by atoms with Crippen LogP contribution in [0.15, 0.2) is 36.5 Å². The summed E-state index contributed by atoms with van der Waals surface area (Å²) in [6.45, 7) is 4.47. The second-order valence-electron chi connectivity index (χ2n) is 4.30. The highest BCUT2D eigenvalue weighted by atomic mass is 16.5. The Balaban J connectivity index is 2.54. The number of aryl methyl sites for hydroxylation is 1. The van der Waals surface area contributed by atoms with Gasteiger partial charge >= 0.3 is 0 Å². The average molecular weight is 246 g/mol. The van der Waals surface area contributed by atoms with Crippen molar-refractivity contribution >= 4 is 0 Å². The highest BCUT2D eigenvalue weighted by Gasteiger charge is 2.31. The minimum Gasteiger partial charge on any atom is -0.496 e. The summed E-state index contributed by atoms with van der Waals surface area (Å²) in [4.78, 5) is 0. The molecular formula is C14H18N2O2. The van der Waals surface area contributed by atoms with E-state index in [4.69, 9.17) is 4.74 Å². The number of aliphatic hydroxyl groups is 1. The van der Waals surface area contributed by atoms with Gasteiger partial charge in [0.2, 0.25) is 0 Å². The molecule has 18 heavy (non-hydrogen) atoms. The molecule has 96 valence electrons. The third kappa shape index (κ3) is 1.99. The van der Waals surface area contributed by atoms with Crippen molar-refractivity contribution in [3.63, 3.8) is 0 Å². The van der Waals surface area contributed by atoms with Gasteiger partial charge in [-0.05, 0) is 26.0 Å². The second-order valence-corrected chi connectivity index (χ2v) is 4.30. The van der Waals surface area contributed by atoms with Gasteiger partial charge in [-0.1, -0.05) is 18.2 Å². The molecule has 0 aliphatic heterocycles. The van der Waals surface area contributed by atoms with Gasteiger partial charge in [-0.3, -0.25) is 4.68 Å². The zero-order valence-corrected chi connectivity index (χ0v) is 10.9. The second kappa shape index (κ2) is 4.82. The largest absolute Gasteiger partial charge is 0.496 e. The van der Waals surface area contributed by atoms with Crippen molar-refractivity contribution in [2.24, 2.45) is 0 Å². The van der Waals surface area contributed by atoms with E-state index in [9.17, 15) is 5.11 Å². The number of nitrogens with zero attached hydrogens (tertiary/aromatic N) is 2. The lowest BCUT2D eigenvalue weighted by Gasteiger charge is -2.26. The van der Waals surface area contributed by atoms with Crippen LogP contribution in [0.3, 0.4) is 0 Å². The minimum atomic E-state index is -1.13. The highest BCUT2D eigenvalue weighted by molar-refractivity contribution is 5.42. The molecule has 0 saturated heterocycles. The molecule has 1 unspecified atom stereocenters. The molecule has 0 spiro atoms. The topological polar surface area (TPSA) is 47.3 Å². The molecule has 1 N–H and O–H groups in total. The van der Waals surface area contributed by atoms with Crippen LogP contribution in [-0.4, -0.2) is 22.0 Å². The number of methoxy groups -OCH3 is 1. The number of ether oxygens (including phenoxy) is 1. The molecule has 1 atom stereocenters. The lowest BCUT2D eigenvalue weighted by molar-refractivity contribution is 0.0887. The lowest BCUT2D eigenvalue weighted by atomic mass is 9.91. The molecule has 0 fully saturated rings. The molecule has 0 saturated carbocycles. The van der Waals surface area contributed by atoms with Crippen LogP contribution >= 0.6 is 0 Å². The summed E-state index contributed by atoms with van der Waals surface area (Å²) in [5.41, 5.74) is 0.372. The van der Waals surface area contributed by atoms with Gasteiger partial charge in [0.15, 0.2) is 0 Å². The van der Waals surface area contributed by atoms with Crippen molar-refractivity contribution in [3.8, 4) is 5.75 Å². The fourth-order valence-electron chi connectivity index (χ4n) is 2.18. The number of hydrogen-bond donors (Lipinski definition) is 1.